The van der Waals surface area contributed by atoms with Crippen molar-refractivity contribution in [1.29, 1.82) is 0 Å². The molecule has 0 bridgehead atoms. The Morgan fingerprint density at radius 1 is 1.09 bits per heavy atom. The van der Waals surface area contributed by atoms with E-state index in [1.807, 2.05) is 18.2 Å². The number of amides is 1. The van der Waals surface area contributed by atoms with E-state index in [0.29, 0.717) is 18.3 Å². The van der Waals surface area contributed by atoms with Crippen LogP contribution in [0.5, 0.6) is 11.5 Å². The molecule has 10 heteroatoms. The van der Waals surface area contributed by atoms with E-state index in [-0.39, 0.29) is 18.3 Å². The first kappa shape index (κ1) is 23.8. The molecule has 1 saturated carbocycles. The van der Waals surface area contributed by atoms with Gasteiger partial charge in [0.2, 0.25) is 11.7 Å². The molecule has 2 heterocycles. The van der Waals surface area contributed by atoms with E-state index >= 15 is 0 Å². The molecule has 0 unspecified atom stereocenters. The van der Waals surface area contributed by atoms with Crippen molar-refractivity contribution >= 4 is 11.6 Å². The molecule has 1 aliphatic heterocycles. The van der Waals surface area contributed by atoms with Crippen molar-refractivity contribution < 1.29 is 27.4 Å². The zero-order valence-electron chi connectivity index (χ0n) is 17.7. The number of hydrogen-bond acceptors (Lipinski definition) is 6. The number of rotatable bonds is 7. The molecule has 4 rings (SSSR count). The van der Waals surface area contributed by atoms with Crippen LogP contribution in [0.3, 0.4) is 0 Å². The van der Waals surface area contributed by atoms with E-state index in [0.717, 1.165) is 44.0 Å². The van der Waals surface area contributed by atoms with Gasteiger partial charge in [-0.1, -0.05) is 12.5 Å². The van der Waals surface area contributed by atoms with Gasteiger partial charge in [-0.05, 0) is 43.7 Å². The first-order valence-corrected chi connectivity index (χ1v) is 10.6. The minimum absolute atomic E-state index is 0.0799. The van der Waals surface area contributed by atoms with Crippen LogP contribution in [-0.2, 0) is 15.7 Å². The molecule has 1 aromatic carbocycles. The number of carbonyl (C=O) groups excluding carboxylic acids is 1. The minimum Gasteiger partial charge on any atom is -0.454 e. The number of halogens is 3. The Morgan fingerprint density at radius 3 is 2.34 bits per heavy atom. The number of anilines is 1. The largest absolute Gasteiger partial charge is 0.454 e. The molecular weight excluding hydrogens is 425 g/mol. The molecule has 32 heavy (non-hydrogen) atoms. The van der Waals surface area contributed by atoms with Gasteiger partial charge in [0.1, 0.15) is 12.4 Å². The highest BCUT2D eigenvalue weighted by Crippen LogP contribution is 2.29. The number of nitrogens with two attached hydrogens (primary N) is 1. The van der Waals surface area contributed by atoms with Crippen molar-refractivity contribution in [3.05, 3.63) is 42.5 Å². The van der Waals surface area contributed by atoms with Crippen LogP contribution in [0.25, 0.3) is 0 Å². The highest BCUT2D eigenvalue weighted by molar-refractivity contribution is 5.74. The maximum atomic E-state index is 12.4. The molecule has 2 fully saturated rings. The van der Waals surface area contributed by atoms with Gasteiger partial charge in [-0.3, -0.25) is 4.79 Å². The summed E-state index contributed by atoms with van der Waals surface area (Å²) in [5.41, 5.74) is 5.92. The number of ether oxygens (including phenoxy) is 2. The maximum Gasteiger partial charge on any atom is 0.451 e. The number of hydrogen-bond donors (Lipinski definition) is 1. The van der Waals surface area contributed by atoms with E-state index in [4.69, 9.17) is 15.2 Å². The summed E-state index contributed by atoms with van der Waals surface area (Å²) in [6.45, 7) is 2.80. The first-order chi connectivity index (χ1) is 15.3. The Hall–Kier alpha value is -2.88. The Balaban J connectivity index is 0.000000243. The van der Waals surface area contributed by atoms with Gasteiger partial charge in [0.15, 0.2) is 5.75 Å². The topological polar surface area (TPSA) is 90.6 Å². The van der Waals surface area contributed by atoms with E-state index in [1.165, 1.54) is 19.3 Å². The molecular formula is C22H27F3N4O3. The second-order valence-corrected chi connectivity index (χ2v) is 7.81. The number of benzene rings is 1. The summed E-state index contributed by atoms with van der Waals surface area (Å²) in [4.78, 5) is 19.0. The highest BCUT2D eigenvalue weighted by Gasteiger charge is 2.34. The quantitative estimate of drug-likeness (QED) is 0.678. The second kappa shape index (κ2) is 11.1. The van der Waals surface area contributed by atoms with Crippen molar-refractivity contribution in [1.82, 2.24) is 9.97 Å². The van der Waals surface area contributed by atoms with E-state index in [1.54, 1.807) is 6.07 Å². The summed E-state index contributed by atoms with van der Waals surface area (Å²) in [5, 5.41) is 0. The lowest BCUT2D eigenvalue weighted by molar-refractivity contribution is -0.145. The number of alkyl halides is 3. The third-order valence-corrected chi connectivity index (χ3v) is 5.23. The van der Waals surface area contributed by atoms with Crippen LogP contribution in [0, 0.1) is 5.92 Å². The third kappa shape index (κ3) is 7.37. The van der Waals surface area contributed by atoms with Gasteiger partial charge in [-0.25, -0.2) is 9.97 Å². The average molecular weight is 452 g/mol. The number of aromatic nitrogens is 2. The van der Waals surface area contributed by atoms with Crippen molar-refractivity contribution in [3.63, 3.8) is 0 Å². The molecule has 0 atom stereocenters. The molecule has 7 nitrogen and oxygen atoms in total. The van der Waals surface area contributed by atoms with Gasteiger partial charge in [0.05, 0.1) is 19.0 Å². The molecule has 0 spiro atoms. The zero-order valence-corrected chi connectivity index (χ0v) is 17.7. The van der Waals surface area contributed by atoms with Crippen molar-refractivity contribution in [2.45, 2.75) is 38.3 Å². The Labute approximate surface area is 184 Å². The predicted molar refractivity (Wildman–Crippen MR) is 112 cm³/mol. The van der Waals surface area contributed by atoms with E-state index in [2.05, 4.69) is 14.9 Å². The zero-order chi connectivity index (χ0) is 23.0. The number of nitrogens with zero attached hydrogens (tertiary/aromatic N) is 3. The van der Waals surface area contributed by atoms with Gasteiger partial charge in [-0.2, -0.15) is 13.2 Å². The summed E-state index contributed by atoms with van der Waals surface area (Å²) in [7, 11) is 0. The molecule has 1 aliphatic carbocycles. The van der Waals surface area contributed by atoms with E-state index in [9.17, 15) is 18.0 Å². The Bertz CT molecular complexity index is 867. The van der Waals surface area contributed by atoms with Crippen molar-refractivity contribution in [3.8, 4) is 11.5 Å². The van der Waals surface area contributed by atoms with Gasteiger partial charge < -0.3 is 20.1 Å². The monoisotopic (exact) mass is 452 g/mol. The molecule has 174 valence electrons. The van der Waals surface area contributed by atoms with Crippen LogP contribution in [-0.4, -0.2) is 42.2 Å². The third-order valence-electron chi connectivity index (χ3n) is 5.23. The van der Waals surface area contributed by atoms with Crippen LogP contribution in [0.1, 0.15) is 37.9 Å². The lowest BCUT2D eigenvalue weighted by Crippen LogP contribution is -2.23. The van der Waals surface area contributed by atoms with Gasteiger partial charge >= 0.3 is 6.18 Å². The predicted octanol–water partition coefficient (Wildman–Crippen LogP) is 4.18. The lowest BCUT2D eigenvalue weighted by Gasteiger charge is -2.24. The molecule has 0 radical (unpaired) electrons. The summed E-state index contributed by atoms with van der Waals surface area (Å²) in [5.74, 6) is -0.135. The molecule has 1 aromatic heterocycles. The van der Waals surface area contributed by atoms with Crippen molar-refractivity contribution in [2.75, 3.05) is 31.2 Å². The molecule has 1 saturated heterocycles. The van der Waals surface area contributed by atoms with Crippen LogP contribution in [0.2, 0.25) is 0 Å². The highest BCUT2D eigenvalue weighted by atomic mass is 19.4. The fraction of sp³-hybridized carbons (Fsp3) is 0.500. The molecule has 2 aromatic rings. The van der Waals surface area contributed by atoms with Crippen LogP contribution in [0.15, 0.2) is 36.7 Å². The van der Waals surface area contributed by atoms with Gasteiger partial charge in [0, 0.05) is 24.8 Å². The summed E-state index contributed by atoms with van der Waals surface area (Å²) >= 11 is 0. The summed E-state index contributed by atoms with van der Waals surface area (Å²) in [6, 6.07) is 7.45. The average Bonchev–Trinajstić information content (AvgIpc) is 3.25. The maximum absolute atomic E-state index is 12.4. The SMILES string of the molecule is FC(F)(F)c1ncc(Oc2cccc(N3CCCC3)c2)cn1.NC(=O)COCC1CCC1. The normalized spacial score (nSPS) is 16.2. The number of primary amides is 1. The fourth-order valence-corrected chi connectivity index (χ4v) is 3.36. The fourth-order valence-electron chi connectivity index (χ4n) is 3.36. The standard InChI is InChI=1S/C15H14F3N3O.C7H13NO2/c16-15(17,18)14-19-9-13(10-20-14)22-12-5-3-4-11(8-12)21-6-1-2-7-21;8-7(9)5-10-4-6-2-1-3-6/h3-5,8-10H,1-2,6-7H2;6H,1-5H2,(H2,8,9). The minimum atomic E-state index is -4.55. The van der Waals surface area contributed by atoms with Crippen molar-refractivity contribution in [2.24, 2.45) is 11.7 Å². The van der Waals surface area contributed by atoms with Gasteiger partial charge in [0.25, 0.3) is 0 Å². The Kier molecular flexibility index (Phi) is 8.26. The second-order valence-electron chi connectivity index (χ2n) is 7.81. The van der Waals surface area contributed by atoms with Crippen LogP contribution >= 0.6 is 0 Å². The lowest BCUT2D eigenvalue weighted by atomic mass is 9.86. The van der Waals surface area contributed by atoms with Crippen LogP contribution < -0.4 is 15.4 Å². The summed E-state index contributed by atoms with van der Waals surface area (Å²) in [6.07, 6.45) is 3.64. The Morgan fingerprint density at radius 2 is 1.78 bits per heavy atom. The first-order valence-electron chi connectivity index (χ1n) is 10.6. The van der Waals surface area contributed by atoms with Crippen LogP contribution in [0.4, 0.5) is 18.9 Å². The molecule has 2 N–H and O–H groups in total. The van der Waals surface area contributed by atoms with E-state index < -0.39 is 12.0 Å². The summed E-state index contributed by atoms with van der Waals surface area (Å²) < 4.78 is 47.8. The smallest absolute Gasteiger partial charge is 0.451 e. The van der Waals surface area contributed by atoms with Gasteiger partial charge in [-0.15, -0.1) is 0 Å². The molecule has 1 amide bonds. The molecule has 2 aliphatic rings. The number of carbonyl (C=O) groups is 1.